The van der Waals surface area contributed by atoms with Gasteiger partial charge < -0.3 is 24.6 Å². The lowest BCUT2D eigenvalue weighted by atomic mass is 10.0. The Morgan fingerprint density at radius 1 is 1.15 bits per heavy atom. The van der Waals surface area contributed by atoms with E-state index in [4.69, 9.17) is 25.8 Å². The van der Waals surface area contributed by atoms with E-state index in [2.05, 4.69) is 10.2 Å². The molecule has 0 aliphatic carbocycles. The topological polar surface area (TPSA) is 80.3 Å². The average Bonchev–Trinajstić information content (AvgIpc) is 2.84. The van der Waals surface area contributed by atoms with E-state index in [1.54, 1.807) is 25.3 Å². The van der Waals surface area contributed by atoms with Gasteiger partial charge in [0.2, 0.25) is 0 Å². The summed E-state index contributed by atoms with van der Waals surface area (Å²) in [5.41, 5.74) is 2.17. The molecule has 0 unspecified atom stereocenters. The summed E-state index contributed by atoms with van der Waals surface area (Å²) in [6, 6.07) is 9.10. The van der Waals surface area contributed by atoms with E-state index in [0.29, 0.717) is 46.6 Å². The maximum atomic E-state index is 12.8. The van der Waals surface area contributed by atoms with Gasteiger partial charge in [0.05, 0.1) is 26.9 Å². The lowest BCUT2D eigenvalue weighted by Crippen LogP contribution is -2.44. The smallest absolute Gasteiger partial charge is 0.251 e. The number of halogens is 1. The third-order valence-electron chi connectivity index (χ3n) is 5.70. The van der Waals surface area contributed by atoms with Gasteiger partial charge >= 0.3 is 0 Å². The van der Waals surface area contributed by atoms with E-state index in [-0.39, 0.29) is 18.6 Å². The molecule has 0 spiro atoms. The lowest BCUT2D eigenvalue weighted by Gasteiger charge is -2.33. The standard InChI is InChI=1S/C25H33ClN2O5/c1-4-32-22-7-6-18(24(23(22)26)33-5-2)15-28-10-8-20(9-11-28)27-25(30)19-12-17(16-29)13-21(14-19)31-3/h6-7,12-14,20,29H,4-5,8-11,15-16H2,1-3H3,(H,27,30). The molecule has 7 nitrogen and oxygen atoms in total. The highest BCUT2D eigenvalue weighted by Gasteiger charge is 2.23. The molecule has 0 atom stereocenters. The molecule has 1 saturated heterocycles. The number of aliphatic hydroxyl groups is 1. The fourth-order valence-electron chi connectivity index (χ4n) is 4.02. The molecular formula is C25H33ClN2O5. The number of likely N-dealkylation sites (tertiary alicyclic amines) is 1. The number of ether oxygens (including phenoxy) is 3. The van der Waals surface area contributed by atoms with E-state index in [0.717, 1.165) is 38.0 Å². The van der Waals surface area contributed by atoms with Gasteiger partial charge in [-0.2, -0.15) is 0 Å². The van der Waals surface area contributed by atoms with E-state index in [1.807, 2.05) is 26.0 Å². The van der Waals surface area contributed by atoms with Gasteiger partial charge in [-0.15, -0.1) is 0 Å². The molecule has 0 aromatic heterocycles. The molecule has 1 fully saturated rings. The van der Waals surface area contributed by atoms with E-state index in [1.165, 1.54) is 0 Å². The molecule has 0 saturated carbocycles. The van der Waals surface area contributed by atoms with Crippen molar-refractivity contribution >= 4 is 17.5 Å². The van der Waals surface area contributed by atoms with Crippen LogP contribution in [-0.2, 0) is 13.2 Å². The molecule has 3 rings (SSSR count). The number of aliphatic hydroxyl groups excluding tert-OH is 1. The Hall–Kier alpha value is -2.48. The van der Waals surface area contributed by atoms with Gasteiger partial charge in [-0.3, -0.25) is 9.69 Å². The van der Waals surface area contributed by atoms with E-state index in [9.17, 15) is 9.90 Å². The highest BCUT2D eigenvalue weighted by atomic mass is 35.5. The van der Waals surface area contributed by atoms with Gasteiger partial charge in [0, 0.05) is 36.8 Å². The molecule has 1 aliphatic heterocycles. The van der Waals surface area contributed by atoms with Crippen LogP contribution in [0.25, 0.3) is 0 Å². The first-order valence-electron chi connectivity index (χ1n) is 11.4. The van der Waals surface area contributed by atoms with E-state index < -0.39 is 0 Å². The van der Waals surface area contributed by atoms with Gasteiger partial charge in [0.25, 0.3) is 5.91 Å². The van der Waals surface area contributed by atoms with Gasteiger partial charge in [0.1, 0.15) is 22.3 Å². The first-order chi connectivity index (χ1) is 16.0. The molecule has 0 bridgehead atoms. The average molecular weight is 477 g/mol. The van der Waals surface area contributed by atoms with Crippen molar-refractivity contribution in [2.45, 2.75) is 45.9 Å². The molecule has 0 radical (unpaired) electrons. The number of carbonyl (C=O) groups excluding carboxylic acids is 1. The van der Waals surface area contributed by atoms with Crippen molar-refractivity contribution in [3.05, 3.63) is 52.0 Å². The van der Waals surface area contributed by atoms with Crippen LogP contribution in [0.1, 0.15) is 48.2 Å². The van der Waals surface area contributed by atoms with Crippen molar-refractivity contribution in [2.75, 3.05) is 33.4 Å². The fourth-order valence-corrected chi connectivity index (χ4v) is 4.31. The first kappa shape index (κ1) is 25.1. The van der Waals surface area contributed by atoms with Crippen molar-refractivity contribution < 1.29 is 24.1 Å². The van der Waals surface area contributed by atoms with Crippen molar-refractivity contribution in [2.24, 2.45) is 0 Å². The molecule has 2 N–H and O–H groups in total. The number of nitrogens with one attached hydrogen (secondary N) is 1. The zero-order valence-corrected chi connectivity index (χ0v) is 20.3. The van der Waals surface area contributed by atoms with Crippen LogP contribution >= 0.6 is 11.6 Å². The highest BCUT2D eigenvalue weighted by molar-refractivity contribution is 6.33. The summed E-state index contributed by atoms with van der Waals surface area (Å²) in [7, 11) is 1.54. The summed E-state index contributed by atoms with van der Waals surface area (Å²) in [6.07, 6.45) is 1.69. The second-order valence-corrected chi connectivity index (χ2v) is 8.36. The number of hydrogen-bond donors (Lipinski definition) is 2. The third kappa shape index (κ3) is 6.53. The molecule has 1 heterocycles. The fraction of sp³-hybridized carbons (Fsp3) is 0.480. The van der Waals surface area contributed by atoms with Crippen LogP contribution < -0.4 is 19.5 Å². The van der Waals surface area contributed by atoms with Crippen molar-refractivity contribution in [3.8, 4) is 17.2 Å². The Morgan fingerprint density at radius 3 is 2.52 bits per heavy atom. The molecular weight excluding hydrogens is 444 g/mol. The van der Waals surface area contributed by atoms with Crippen LogP contribution in [-0.4, -0.2) is 55.4 Å². The molecule has 8 heteroatoms. The quantitative estimate of drug-likeness (QED) is 0.539. The summed E-state index contributed by atoms with van der Waals surface area (Å²) < 4.78 is 16.7. The number of amides is 1. The van der Waals surface area contributed by atoms with Crippen LogP contribution in [0.3, 0.4) is 0 Å². The molecule has 180 valence electrons. The second-order valence-electron chi connectivity index (χ2n) is 7.98. The predicted molar refractivity (Wildman–Crippen MR) is 128 cm³/mol. The highest BCUT2D eigenvalue weighted by Crippen LogP contribution is 2.38. The Balaban J connectivity index is 1.59. The number of methoxy groups -OCH3 is 1. The molecule has 2 aromatic carbocycles. The van der Waals surface area contributed by atoms with Gasteiger partial charge in [-0.05, 0) is 56.5 Å². The van der Waals surface area contributed by atoms with Gasteiger partial charge in [0.15, 0.2) is 0 Å². The largest absolute Gasteiger partial charge is 0.497 e. The van der Waals surface area contributed by atoms with Crippen molar-refractivity contribution in [1.29, 1.82) is 0 Å². The molecule has 33 heavy (non-hydrogen) atoms. The Kier molecular flexibility index (Phi) is 9.23. The lowest BCUT2D eigenvalue weighted by molar-refractivity contribution is 0.0908. The summed E-state index contributed by atoms with van der Waals surface area (Å²) in [5, 5.41) is 13.1. The Labute approximate surface area is 200 Å². The third-order valence-corrected chi connectivity index (χ3v) is 6.05. The molecule has 1 aliphatic rings. The van der Waals surface area contributed by atoms with E-state index >= 15 is 0 Å². The van der Waals surface area contributed by atoms with Crippen LogP contribution in [0, 0.1) is 0 Å². The summed E-state index contributed by atoms with van der Waals surface area (Å²) >= 11 is 6.53. The second kappa shape index (κ2) is 12.1. The summed E-state index contributed by atoms with van der Waals surface area (Å²) in [5.74, 6) is 1.72. The maximum Gasteiger partial charge on any atom is 0.251 e. The van der Waals surface area contributed by atoms with Crippen LogP contribution in [0.5, 0.6) is 17.2 Å². The Morgan fingerprint density at radius 2 is 1.88 bits per heavy atom. The minimum Gasteiger partial charge on any atom is -0.497 e. The number of carbonyl (C=O) groups is 1. The number of nitrogens with zero attached hydrogens (tertiary/aromatic N) is 1. The van der Waals surface area contributed by atoms with Crippen molar-refractivity contribution in [1.82, 2.24) is 10.2 Å². The Bertz CT molecular complexity index is 922. The number of hydrogen-bond acceptors (Lipinski definition) is 6. The number of piperidine rings is 1. The van der Waals surface area contributed by atoms with Gasteiger partial charge in [-0.25, -0.2) is 0 Å². The SMILES string of the molecule is CCOc1ccc(CN2CCC(NC(=O)c3cc(CO)cc(OC)c3)CC2)c(OCC)c1Cl. The summed E-state index contributed by atoms with van der Waals surface area (Å²) in [4.78, 5) is 15.1. The first-order valence-corrected chi connectivity index (χ1v) is 11.8. The minimum absolute atomic E-state index is 0.0906. The van der Waals surface area contributed by atoms with Crippen molar-refractivity contribution in [3.63, 3.8) is 0 Å². The number of benzene rings is 2. The van der Waals surface area contributed by atoms with Crippen LogP contribution in [0.4, 0.5) is 0 Å². The summed E-state index contributed by atoms with van der Waals surface area (Å²) in [6.45, 7) is 7.20. The zero-order chi connectivity index (χ0) is 23.8. The maximum absolute atomic E-state index is 12.8. The number of rotatable bonds is 10. The molecule has 1 amide bonds. The van der Waals surface area contributed by atoms with Crippen LogP contribution in [0.2, 0.25) is 5.02 Å². The van der Waals surface area contributed by atoms with Gasteiger partial charge in [-0.1, -0.05) is 17.7 Å². The zero-order valence-electron chi connectivity index (χ0n) is 19.5. The normalized spacial score (nSPS) is 14.7. The van der Waals surface area contributed by atoms with Crippen LogP contribution in [0.15, 0.2) is 30.3 Å². The molecule has 2 aromatic rings. The predicted octanol–water partition coefficient (Wildman–Crippen LogP) is 4.03. The monoisotopic (exact) mass is 476 g/mol. The minimum atomic E-state index is -0.154.